The minimum Gasteiger partial charge on any atom is -0.496 e. The Morgan fingerprint density at radius 3 is 2.23 bits per heavy atom. The van der Waals surface area contributed by atoms with Gasteiger partial charge < -0.3 is 19.3 Å². The second-order valence-electron chi connectivity index (χ2n) is 4.56. The lowest BCUT2D eigenvalue weighted by Gasteiger charge is -2.18. The molecule has 0 bridgehead atoms. The van der Waals surface area contributed by atoms with E-state index in [-0.39, 0.29) is 0 Å². The summed E-state index contributed by atoms with van der Waals surface area (Å²) in [5, 5.41) is 12.3. The highest BCUT2D eigenvalue weighted by Gasteiger charge is 2.19. The number of hydrogen-bond donors (Lipinski definition) is 2. The molecular weight excluding hydrogens is 306 g/mol. The van der Waals surface area contributed by atoms with Gasteiger partial charge in [-0.15, -0.1) is 0 Å². The molecule has 1 aromatic rings. The number of carboxylic acid groups (broad SMARTS) is 1. The number of benzene rings is 1. The van der Waals surface area contributed by atoms with Crippen LogP contribution in [0, 0.1) is 0 Å². The predicted molar refractivity (Wildman–Crippen MR) is 87.4 cm³/mol. The fourth-order valence-electron chi connectivity index (χ4n) is 2.03. The SMILES string of the molecule is COc1cc(OC)c(CN[C@@H](CCSC)C(=O)O)c(OC)c1. The number of methoxy groups -OCH3 is 3. The van der Waals surface area contributed by atoms with Crippen LogP contribution in [0.1, 0.15) is 12.0 Å². The lowest BCUT2D eigenvalue weighted by molar-refractivity contribution is -0.139. The third-order valence-corrected chi connectivity index (χ3v) is 3.90. The number of ether oxygens (including phenoxy) is 3. The van der Waals surface area contributed by atoms with Crippen LogP contribution in [0.15, 0.2) is 12.1 Å². The largest absolute Gasteiger partial charge is 0.496 e. The number of carbonyl (C=O) groups is 1. The Labute approximate surface area is 135 Å². The second kappa shape index (κ2) is 9.42. The third kappa shape index (κ3) is 4.99. The van der Waals surface area contributed by atoms with Crippen molar-refractivity contribution in [3.05, 3.63) is 17.7 Å². The van der Waals surface area contributed by atoms with Gasteiger partial charge in [-0.1, -0.05) is 0 Å². The van der Waals surface area contributed by atoms with E-state index in [1.807, 2.05) is 6.26 Å². The van der Waals surface area contributed by atoms with Crippen LogP contribution in [0.5, 0.6) is 17.2 Å². The Morgan fingerprint density at radius 2 is 1.82 bits per heavy atom. The quantitative estimate of drug-likeness (QED) is 0.680. The topological polar surface area (TPSA) is 77.0 Å². The summed E-state index contributed by atoms with van der Waals surface area (Å²) in [6, 6.07) is 2.89. The molecule has 0 unspecified atom stereocenters. The van der Waals surface area contributed by atoms with Crippen molar-refractivity contribution in [2.75, 3.05) is 33.3 Å². The highest BCUT2D eigenvalue weighted by atomic mass is 32.2. The average Bonchev–Trinajstić information content (AvgIpc) is 2.53. The molecule has 2 N–H and O–H groups in total. The van der Waals surface area contributed by atoms with Crippen LogP contribution in [-0.2, 0) is 11.3 Å². The van der Waals surface area contributed by atoms with Gasteiger partial charge in [-0.3, -0.25) is 10.1 Å². The summed E-state index contributed by atoms with van der Waals surface area (Å²) in [4.78, 5) is 11.3. The van der Waals surface area contributed by atoms with Gasteiger partial charge in [-0.25, -0.2) is 0 Å². The molecule has 1 atom stereocenters. The van der Waals surface area contributed by atoms with Gasteiger partial charge in [-0.05, 0) is 18.4 Å². The number of nitrogens with one attached hydrogen (secondary N) is 1. The van der Waals surface area contributed by atoms with E-state index in [9.17, 15) is 9.90 Å². The van der Waals surface area contributed by atoms with Crippen molar-refractivity contribution >= 4 is 17.7 Å². The van der Waals surface area contributed by atoms with Gasteiger partial charge in [0.05, 0.1) is 26.9 Å². The van der Waals surface area contributed by atoms with E-state index in [1.54, 1.807) is 45.2 Å². The zero-order valence-corrected chi connectivity index (χ0v) is 14.2. The fourth-order valence-corrected chi connectivity index (χ4v) is 2.50. The lowest BCUT2D eigenvalue weighted by Crippen LogP contribution is -2.36. The first-order chi connectivity index (χ1) is 10.6. The molecule has 0 saturated heterocycles. The smallest absolute Gasteiger partial charge is 0.320 e. The first-order valence-corrected chi connectivity index (χ1v) is 8.20. The Hall–Kier alpha value is -1.60. The summed E-state index contributed by atoms with van der Waals surface area (Å²) < 4.78 is 15.9. The fraction of sp³-hybridized carbons (Fsp3) is 0.533. The number of carboxylic acids is 1. The lowest BCUT2D eigenvalue weighted by atomic mass is 10.1. The third-order valence-electron chi connectivity index (χ3n) is 3.25. The van der Waals surface area contributed by atoms with Crippen molar-refractivity contribution in [2.45, 2.75) is 19.0 Å². The molecule has 0 aliphatic heterocycles. The molecule has 0 amide bonds. The molecule has 0 saturated carbocycles. The summed E-state index contributed by atoms with van der Waals surface area (Å²) in [6.07, 6.45) is 2.51. The maximum atomic E-state index is 11.3. The number of hydrogen-bond acceptors (Lipinski definition) is 6. The van der Waals surface area contributed by atoms with E-state index in [0.717, 1.165) is 11.3 Å². The van der Waals surface area contributed by atoms with Crippen LogP contribution in [0.3, 0.4) is 0 Å². The van der Waals surface area contributed by atoms with Crippen LogP contribution in [0.2, 0.25) is 0 Å². The Bertz CT molecular complexity index is 470. The first-order valence-electron chi connectivity index (χ1n) is 6.81. The van der Waals surface area contributed by atoms with Gasteiger partial charge in [0.15, 0.2) is 0 Å². The normalized spacial score (nSPS) is 11.8. The molecule has 0 fully saturated rings. The molecule has 0 spiro atoms. The molecule has 0 heterocycles. The molecule has 0 radical (unpaired) electrons. The van der Waals surface area contributed by atoms with Gasteiger partial charge in [0, 0.05) is 18.7 Å². The molecule has 6 nitrogen and oxygen atoms in total. The summed E-state index contributed by atoms with van der Waals surface area (Å²) in [5.41, 5.74) is 0.765. The molecule has 7 heteroatoms. The Morgan fingerprint density at radius 1 is 1.23 bits per heavy atom. The summed E-state index contributed by atoms with van der Waals surface area (Å²) >= 11 is 1.62. The van der Waals surface area contributed by atoms with E-state index >= 15 is 0 Å². The average molecular weight is 329 g/mol. The summed E-state index contributed by atoms with van der Waals surface area (Å²) in [6.45, 7) is 0.335. The van der Waals surface area contributed by atoms with E-state index in [1.165, 1.54) is 0 Å². The molecule has 0 aliphatic rings. The van der Waals surface area contributed by atoms with Crippen molar-refractivity contribution < 1.29 is 24.1 Å². The van der Waals surface area contributed by atoms with E-state index in [0.29, 0.717) is 30.2 Å². The van der Waals surface area contributed by atoms with Gasteiger partial charge >= 0.3 is 5.97 Å². The zero-order chi connectivity index (χ0) is 16.5. The minimum absolute atomic E-state index is 0.335. The molecule has 124 valence electrons. The Balaban J connectivity index is 2.93. The standard InChI is InChI=1S/C15H23NO5S/c1-19-10-7-13(20-2)11(14(8-10)21-3)9-16-12(15(17)18)5-6-22-4/h7-8,12,16H,5-6,9H2,1-4H3,(H,17,18)/t12-/m0/s1. The second-order valence-corrected chi connectivity index (χ2v) is 5.55. The van der Waals surface area contributed by atoms with Crippen LogP contribution in [0.4, 0.5) is 0 Å². The van der Waals surface area contributed by atoms with Gasteiger partial charge in [0.1, 0.15) is 23.3 Å². The van der Waals surface area contributed by atoms with Crippen LogP contribution in [0.25, 0.3) is 0 Å². The summed E-state index contributed by atoms with van der Waals surface area (Å²) in [5.74, 6) is 1.73. The van der Waals surface area contributed by atoms with Crippen molar-refractivity contribution in [3.63, 3.8) is 0 Å². The van der Waals surface area contributed by atoms with Crippen LogP contribution >= 0.6 is 11.8 Å². The maximum absolute atomic E-state index is 11.3. The number of rotatable bonds is 10. The molecule has 1 aromatic carbocycles. The van der Waals surface area contributed by atoms with Crippen LogP contribution in [-0.4, -0.2) is 50.5 Å². The van der Waals surface area contributed by atoms with Crippen molar-refractivity contribution in [3.8, 4) is 17.2 Å². The first kappa shape index (κ1) is 18.4. The highest BCUT2D eigenvalue weighted by Crippen LogP contribution is 2.34. The number of aliphatic carboxylic acids is 1. The van der Waals surface area contributed by atoms with Crippen LogP contribution < -0.4 is 19.5 Å². The summed E-state index contributed by atoms with van der Waals surface area (Å²) in [7, 11) is 4.68. The molecule has 0 aliphatic carbocycles. The Kier molecular flexibility index (Phi) is 7.90. The van der Waals surface area contributed by atoms with Gasteiger partial charge in [0.2, 0.25) is 0 Å². The zero-order valence-electron chi connectivity index (χ0n) is 13.3. The van der Waals surface area contributed by atoms with Gasteiger partial charge in [0.25, 0.3) is 0 Å². The highest BCUT2D eigenvalue weighted by molar-refractivity contribution is 7.98. The van der Waals surface area contributed by atoms with Gasteiger partial charge in [-0.2, -0.15) is 11.8 Å². The minimum atomic E-state index is -0.861. The molecule has 22 heavy (non-hydrogen) atoms. The van der Waals surface area contributed by atoms with Crippen molar-refractivity contribution in [2.24, 2.45) is 0 Å². The monoisotopic (exact) mass is 329 g/mol. The van der Waals surface area contributed by atoms with E-state index in [2.05, 4.69) is 5.32 Å². The van der Waals surface area contributed by atoms with Crippen molar-refractivity contribution in [1.82, 2.24) is 5.32 Å². The van der Waals surface area contributed by atoms with E-state index in [4.69, 9.17) is 14.2 Å². The molecule has 1 rings (SSSR count). The maximum Gasteiger partial charge on any atom is 0.320 e. The molecular formula is C15H23NO5S. The van der Waals surface area contributed by atoms with Crippen molar-refractivity contribution in [1.29, 1.82) is 0 Å². The molecule has 0 aromatic heterocycles. The predicted octanol–water partition coefficient (Wildman–Crippen LogP) is 2.01. The van der Waals surface area contributed by atoms with E-state index < -0.39 is 12.0 Å². The number of thioether (sulfide) groups is 1.